The number of phosphoric ester groups is 1. The minimum atomic E-state index is -4.71. The maximum atomic E-state index is 11.9. The van der Waals surface area contributed by atoms with Crippen LogP contribution in [0.1, 0.15) is 104 Å². The maximum Gasteiger partial charge on any atom is 0.472 e. The number of carbonyl (C=O) groups excluding carboxylic acids is 2. The number of rotatable bonds is 25. The number of allylic oxidation sites excluding steroid dienone is 2. The standard InChI is InChI=1S/C26H48NO10P/c1-3-5-6-7-8-9-10-11-12-13-14-15-16-18-25(30)35-19-22(28)20-36-38(33,34)37-21-23(26(31)32)27-24(29)17-4-2/h9-10,22-23,28H,3-8,11-21H2,1-2H3,(H,27,29)(H,31,32)(H,33,34)/b10-9-. The van der Waals surface area contributed by atoms with Crippen molar-refractivity contribution in [2.45, 2.75) is 116 Å². The van der Waals surface area contributed by atoms with E-state index in [1.807, 2.05) is 0 Å². The highest BCUT2D eigenvalue weighted by Crippen LogP contribution is 2.43. The average Bonchev–Trinajstić information content (AvgIpc) is 2.86. The van der Waals surface area contributed by atoms with Crippen molar-refractivity contribution in [1.29, 1.82) is 0 Å². The molecule has 222 valence electrons. The zero-order chi connectivity index (χ0) is 28.7. The van der Waals surface area contributed by atoms with Gasteiger partial charge in [-0.1, -0.05) is 64.5 Å². The number of ether oxygens (including phenoxy) is 1. The molecule has 4 N–H and O–H groups in total. The van der Waals surface area contributed by atoms with E-state index in [1.54, 1.807) is 6.92 Å². The van der Waals surface area contributed by atoms with Gasteiger partial charge in [0.05, 0.1) is 13.2 Å². The molecule has 0 radical (unpaired) electrons. The highest BCUT2D eigenvalue weighted by Gasteiger charge is 2.28. The molecule has 0 fully saturated rings. The maximum absolute atomic E-state index is 11.9. The lowest BCUT2D eigenvalue weighted by Crippen LogP contribution is -2.43. The van der Waals surface area contributed by atoms with Crippen molar-refractivity contribution in [3.05, 3.63) is 12.2 Å². The Labute approximate surface area is 226 Å². The van der Waals surface area contributed by atoms with Gasteiger partial charge in [-0.05, 0) is 38.5 Å². The highest BCUT2D eigenvalue weighted by molar-refractivity contribution is 7.47. The minimum absolute atomic E-state index is 0.0964. The van der Waals surface area contributed by atoms with E-state index in [0.717, 1.165) is 38.5 Å². The summed E-state index contributed by atoms with van der Waals surface area (Å²) in [5.74, 6) is -2.46. The van der Waals surface area contributed by atoms with Crippen LogP contribution in [-0.4, -0.2) is 64.9 Å². The Balaban J connectivity index is 3.91. The largest absolute Gasteiger partial charge is 0.480 e. The lowest BCUT2D eigenvalue weighted by molar-refractivity contribution is -0.147. The molecule has 12 heteroatoms. The lowest BCUT2D eigenvalue weighted by atomic mass is 10.1. The Morgan fingerprint density at radius 2 is 1.39 bits per heavy atom. The van der Waals surface area contributed by atoms with Crippen LogP contribution >= 0.6 is 7.82 Å². The zero-order valence-electron chi connectivity index (χ0n) is 23.0. The molecule has 0 bridgehead atoms. The number of phosphoric acid groups is 1. The summed E-state index contributed by atoms with van der Waals surface area (Å²) in [5, 5.41) is 21.1. The van der Waals surface area contributed by atoms with E-state index < -0.39 is 57.6 Å². The van der Waals surface area contributed by atoms with E-state index >= 15 is 0 Å². The Morgan fingerprint density at radius 3 is 2.00 bits per heavy atom. The van der Waals surface area contributed by atoms with Crippen LogP contribution in [0.4, 0.5) is 0 Å². The predicted molar refractivity (Wildman–Crippen MR) is 143 cm³/mol. The number of carboxylic acids is 1. The Morgan fingerprint density at radius 1 is 0.816 bits per heavy atom. The third kappa shape index (κ3) is 22.2. The summed E-state index contributed by atoms with van der Waals surface area (Å²) in [4.78, 5) is 44.2. The Hall–Kier alpha value is -1.78. The van der Waals surface area contributed by atoms with Gasteiger partial charge in [-0.2, -0.15) is 0 Å². The third-order valence-corrected chi connectivity index (χ3v) is 6.47. The number of carbonyl (C=O) groups is 3. The lowest BCUT2D eigenvalue weighted by Gasteiger charge is -2.18. The molecular weight excluding hydrogens is 517 g/mol. The van der Waals surface area contributed by atoms with Gasteiger partial charge in [0.2, 0.25) is 5.91 Å². The van der Waals surface area contributed by atoms with Gasteiger partial charge in [0.25, 0.3) is 0 Å². The molecule has 0 aliphatic carbocycles. The van der Waals surface area contributed by atoms with E-state index in [1.165, 1.54) is 25.7 Å². The summed E-state index contributed by atoms with van der Waals surface area (Å²) in [5.41, 5.74) is 0. The molecule has 0 heterocycles. The summed E-state index contributed by atoms with van der Waals surface area (Å²) in [6, 6.07) is -1.54. The fourth-order valence-electron chi connectivity index (χ4n) is 3.35. The van der Waals surface area contributed by atoms with Gasteiger partial charge in [0.15, 0.2) is 6.04 Å². The van der Waals surface area contributed by atoms with Gasteiger partial charge >= 0.3 is 19.8 Å². The molecule has 0 aliphatic rings. The second-order valence-corrected chi connectivity index (χ2v) is 10.7. The fourth-order valence-corrected chi connectivity index (χ4v) is 4.12. The van der Waals surface area contributed by atoms with Gasteiger partial charge in [-0.3, -0.25) is 18.6 Å². The number of amides is 1. The molecule has 0 aromatic rings. The molecule has 0 spiro atoms. The second-order valence-electron chi connectivity index (χ2n) is 9.23. The van der Waals surface area contributed by atoms with Crippen LogP contribution in [-0.2, 0) is 32.7 Å². The normalized spacial score (nSPS) is 14.6. The molecule has 0 aromatic carbocycles. The van der Waals surface area contributed by atoms with E-state index in [9.17, 15) is 28.9 Å². The first kappa shape index (κ1) is 36.2. The topological polar surface area (TPSA) is 169 Å². The van der Waals surface area contributed by atoms with Crippen LogP contribution in [0.25, 0.3) is 0 Å². The van der Waals surface area contributed by atoms with E-state index in [-0.39, 0.29) is 12.8 Å². The minimum Gasteiger partial charge on any atom is -0.480 e. The molecule has 0 rings (SSSR count). The number of nitrogens with one attached hydrogen (secondary N) is 1. The molecule has 3 unspecified atom stereocenters. The number of aliphatic carboxylic acids is 1. The molecule has 0 aromatic heterocycles. The van der Waals surface area contributed by atoms with Gasteiger partial charge in [0.1, 0.15) is 12.7 Å². The zero-order valence-corrected chi connectivity index (χ0v) is 23.9. The number of aliphatic hydroxyl groups is 1. The summed E-state index contributed by atoms with van der Waals surface area (Å²) >= 11 is 0. The van der Waals surface area contributed by atoms with E-state index in [4.69, 9.17) is 9.84 Å². The number of carboxylic acid groups (broad SMARTS) is 1. The fraction of sp³-hybridized carbons (Fsp3) is 0.808. The third-order valence-electron chi connectivity index (χ3n) is 5.52. The number of aliphatic hydroxyl groups excluding tert-OH is 1. The number of hydrogen-bond acceptors (Lipinski definition) is 8. The van der Waals surface area contributed by atoms with Crippen molar-refractivity contribution in [2.75, 3.05) is 19.8 Å². The molecule has 38 heavy (non-hydrogen) atoms. The quantitative estimate of drug-likeness (QED) is 0.0529. The molecule has 1 amide bonds. The molecule has 0 aliphatic heterocycles. The first-order valence-corrected chi connectivity index (χ1v) is 15.2. The smallest absolute Gasteiger partial charge is 0.472 e. The Bertz CT molecular complexity index is 731. The van der Waals surface area contributed by atoms with Crippen molar-refractivity contribution < 1.29 is 47.8 Å². The first-order valence-electron chi connectivity index (χ1n) is 13.7. The number of hydrogen-bond donors (Lipinski definition) is 4. The predicted octanol–water partition coefficient (Wildman–Crippen LogP) is 4.65. The van der Waals surface area contributed by atoms with Crippen molar-refractivity contribution in [3.63, 3.8) is 0 Å². The molecule has 3 atom stereocenters. The van der Waals surface area contributed by atoms with Gasteiger partial charge in [-0.15, -0.1) is 0 Å². The number of esters is 1. The molecule has 11 nitrogen and oxygen atoms in total. The van der Waals surface area contributed by atoms with Crippen LogP contribution < -0.4 is 5.32 Å². The van der Waals surface area contributed by atoms with Crippen molar-refractivity contribution >= 4 is 25.7 Å². The van der Waals surface area contributed by atoms with Gasteiger partial charge in [0, 0.05) is 12.8 Å². The SMILES string of the molecule is CCCCCC/C=C\CCCCCCCC(=O)OCC(O)COP(=O)(O)OCC(NC(=O)CCC)C(=O)O. The molecule has 0 saturated carbocycles. The summed E-state index contributed by atoms with van der Waals surface area (Å²) in [7, 11) is -4.71. The van der Waals surface area contributed by atoms with E-state index in [2.05, 4.69) is 33.4 Å². The van der Waals surface area contributed by atoms with Crippen LogP contribution in [0.3, 0.4) is 0 Å². The first-order chi connectivity index (χ1) is 18.1. The van der Waals surface area contributed by atoms with Crippen LogP contribution in [0.2, 0.25) is 0 Å². The summed E-state index contributed by atoms with van der Waals surface area (Å²) in [6.07, 6.45) is 16.2. The van der Waals surface area contributed by atoms with Crippen molar-refractivity contribution in [2.24, 2.45) is 0 Å². The summed E-state index contributed by atoms with van der Waals surface area (Å²) < 4.78 is 26.1. The molecule has 0 saturated heterocycles. The van der Waals surface area contributed by atoms with Gasteiger partial charge < -0.3 is 25.2 Å². The number of unbranched alkanes of at least 4 members (excludes halogenated alkanes) is 9. The van der Waals surface area contributed by atoms with Crippen LogP contribution in [0, 0.1) is 0 Å². The van der Waals surface area contributed by atoms with Gasteiger partial charge in [-0.25, -0.2) is 9.36 Å². The van der Waals surface area contributed by atoms with Crippen molar-refractivity contribution in [3.8, 4) is 0 Å². The van der Waals surface area contributed by atoms with Crippen LogP contribution in [0.5, 0.6) is 0 Å². The Kier molecular flexibility index (Phi) is 22.1. The monoisotopic (exact) mass is 565 g/mol. The van der Waals surface area contributed by atoms with Crippen molar-refractivity contribution in [1.82, 2.24) is 5.32 Å². The summed E-state index contributed by atoms with van der Waals surface area (Å²) in [6.45, 7) is 2.05. The average molecular weight is 566 g/mol. The van der Waals surface area contributed by atoms with Crippen LogP contribution in [0.15, 0.2) is 12.2 Å². The second kappa shape index (κ2) is 23.1. The molecular formula is C26H48NO10P. The van der Waals surface area contributed by atoms with E-state index in [0.29, 0.717) is 12.8 Å². The highest BCUT2D eigenvalue weighted by atomic mass is 31.2.